The summed E-state index contributed by atoms with van der Waals surface area (Å²) in [5.74, 6) is -2.44. The smallest absolute Gasteiger partial charge is 0.310 e. The van der Waals surface area contributed by atoms with Crippen molar-refractivity contribution in [2.75, 3.05) is 21.3 Å². The van der Waals surface area contributed by atoms with Gasteiger partial charge in [-0.2, -0.15) is 4.98 Å². The summed E-state index contributed by atoms with van der Waals surface area (Å²) in [4.78, 5) is 22.1. The predicted molar refractivity (Wildman–Crippen MR) is 156 cm³/mol. The van der Waals surface area contributed by atoms with Crippen LogP contribution in [0.5, 0.6) is 0 Å². The van der Waals surface area contributed by atoms with Crippen LogP contribution in [0, 0.1) is 0 Å². The van der Waals surface area contributed by atoms with Gasteiger partial charge >= 0.3 is 11.5 Å². The van der Waals surface area contributed by atoms with Crippen LogP contribution in [0.2, 0.25) is 1.41 Å². The molecule has 2 aromatic heterocycles. The van der Waals surface area contributed by atoms with Gasteiger partial charge in [0, 0.05) is 21.3 Å². The first-order valence-corrected chi connectivity index (χ1v) is 13.6. The second-order valence-corrected chi connectivity index (χ2v) is 10.2. The molecule has 0 radical (unpaired) electrons. The molecule has 3 heterocycles. The lowest BCUT2D eigenvalue weighted by Gasteiger charge is -2.52. The number of hydrogen-bond donors (Lipinski definition) is 3. The Morgan fingerprint density at radius 2 is 1.42 bits per heavy atom. The molecule has 3 aromatic carbocycles. The number of aromatic amines is 1. The van der Waals surface area contributed by atoms with Gasteiger partial charge in [0.25, 0.3) is 0 Å². The molecule has 6 rings (SSSR count). The molecular formula is C32H32N4O7. The first kappa shape index (κ1) is 27.6. The maximum Gasteiger partial charge on any atom is 0.310 e. The topological polar surface area (TPSA) is 141 Å². The van der Waals surface area contributed by atoms with E-state index in [0.29, 0.717) is 16.7 Å². The Morgan fingerprint density at radius 3 is 1.88 bits per heavy atom. The van der Waals surface area contributed by atoms with Gasteiger partial charge in [0.15, 0.2) is 18.8 Å². The maximum absolute atomic E-state index is 13.0. The molecule has 0 amide bonds. The number of aliphatic hydroxyl groups is 2. The molecule has 0 spiro atoms. The molecule has 11 heteroatoms. The summed E-state index contributed by atoms with van der Waals surface area (Å²) in [5.41, 5.74) is -1.95. The average molecular weight is 586 g/mol. The number of nitrogens with zero attached hydrogens (tertiary/aromatic N) is 3. The quantitative estimate of drug-likeness (QED) is 0.176. The van der Waals surface area contributed by atoms with Crippen LogP contribution in [0.1, 0.15) is 16.7 Å². The van der Waals surface area contributed by atoms with E-state index in [2.05, 4.69) is 9.97 Å². The van der Waals surface area contributed by atoms with Gasteiger partial charge in [-0.3, -0.25) is 9.36 Å². The standard InChI is InChI=1S/C32H32N4O7/c1-40-26-25(37)27(32(39,41-2)42-3)43-31(26,36-20-35-24-28(36)33-19-34-29(24)38)30(21-13-7-4-8-14-21,22-15-9-5-10-16-22)23-17-11-6-12-18-23/h4-20,25-27,37,39H,1-3H3,(H,33,34,38)/t25-,26+,27-,31-/m0/s1/i/hD. The van der Waals surface area contributed by atoms with Gasteiger partial charge in [-0.05, 0) is 16.7 Å². The van der Waals surface area contributed by atoms with Crippen molar-refractivity contribution in [1.82, 2.24) is 19.5 Å². The number of imidazole rings is 1. The fraction of sp³-hybridized carbons (Fsp3) is 0.281. The summed E-state index contributed by atoms with van der Waals surface area (Å²) in [6.07, 6.45) is -2.02. The van der Waals surface area contributed by atoms with Gasteiger partial charge in [-0.25, -0.2) is 4.98 Å². The minimum Gasteiger partial charge on any atom is -0.387 e. The number of methoxy groups -OCH3 is 3. The second-order valence-electron chi connectivity index (χ2n) is 10.2. The minimum absolute atomic E-state index is 0.0189. The summed E-state index contributed by atoms with van der Waals surface area (Å²) >= 11 is 0. The Morgan fingerprint density at radius 1 is 0.907 bits per heavy atom. The molecule has 222 valence electrons. The van der Waals surface area contributed by atoms with Crippen molar-refractivity contribution in [3.05, 3.63) is 131 Å². The number of aliphatic hydroxyl groups excluding tert-OH is 1. The normalized spacial score (nSPS) is 23.0. The Hall–Kier alpha value is -4.23. The van der Waals surface area contributed by atoms with Crippen LogP contribution in [-0.2, 0) is 30.1 Å². The molecule has 0 saturated carbocycles. The summed E-state index contributed by atoms with van der Waals surface area (Å²) in [6, 6.07) is 28.5. The van der Waals surface area contributed by atoms with E-state index in [9.17, 15) is 15.0 Å². The number of fused-ring (bicyclic) bond motifs is 1. The third-order valence-electron chi connectivity index (χ3n) is 8.33. The van der Waals surface area contributed by atoms with Crippen LogP contribution in [0.4, 0.5) is 0 Å². The van der Waals surface area contributed by atoms with Crippen LogP contribution in [0.25, 0.3) is 11.2 Å². The van der Waals surface area contributed by atoms with Gasteiger partial charge in [0.05, 0.1) is 18.1 Å². The van der Waals surface area contributed by atoms with Gasteiger partial charge in [0.2, 0.25) is 0 Å². The molecule has 0 unspecified atom stereocenters. The summed E-state index contributed by atoms with van der Waals surface area (Å²) in [7, 11) is 3.85. The van der Waals surface area contributed by atoms with Gasteiger partial charge in [0.1, 0.15) is 17.9 Å². The van der Waals surface area contributed by atoms with E-state index in [-0.39, 0.29) is 11.2 Å². The molecule has 3 N–H and O–H groups in total. The Kier molecular flexibility index (Phi) is 7.14. The SMILES string of the molecule is [2H]n1cnc(=O)c2ncn([C@]3(C(c4ccccc4)(c4ccccc4)c4ccccc4)O[C@H](C(O)(OC)OC)[C@@H](O)[C@H]3OC)c21. The maximum atomic E-state index is 13.0. The minimum atomic E-state index is -2.44. The van der Waals surface area contributed by atoms with E-state index in [1.165, 1.54) is 32.2 Å². The zero-order valence-electron chi connectivity index (χ0n) is 24.8. The van der Waals surface area contributed by atoms with Gasteiger partial charge < -0.3 is 34.1 Å². The highest BCUT2D eigenvalue weighted by Gasteiger charge is 2.72. The Bertz CT molecular complexity index is 1700. The van der Waals surface area contributed by atoms with E-state index in [4.69, 9.17) is 20.4 Å². The van der Waals surface area contributed by atoms with Crippen molar-refractivity contribution in [2.24, 2.45) is 0 Å². The number of nitrogens with one attached hydrogen (secondary N) is 1. The van der Waals surface area contributed by atoms with E-state index in [1.807, 2.05) is 91.0 Å². The van der Waals surface area contributed by atoms with Crippen molar-refractivity contribution in [3.63, 3.8) is 0 Å². The molecule has 4 atom stereocenters. The van der Waals surface area contributed by atoms with Crippen LogP contribution in [0.3, 0.4) is 0 Å². The molecule has 5 aromatic rings. The van der Waals surface area contributed by atoms with E-state index in [0.717, 1.165) is 11.3 Å². The fourth-order valence-corrected chi connectivity index (χ4v) is 6.54. The third kappa shape index (κ3) is 4.08. The van der Waals surface area contributed by atoms with Crippen molar-refractivity contribution in [1.29, 1.82) is 0 Å². The highest BCUT2D eigenvalue weighted by atomic mass is 16.8. The predicted octanol–water partition coefficient (Wildman–Crippen LogP) is 2.52. The average Bonchev–Trinajstić information content (AvgIpc) is 3.66. The summed E-state index contributed by atoms with van der Waals surface area (Å²) in [5, 5.41) is 23.6. The number of H-pyrrole nitrogens is 1. The van der Waals surface area contributed by atoms with E-state index >= 15 is 0 Å². The van der Waals surface area contributed by atoms with E-state index < -0.39 is 41.0 Å². The zero-order chi connectivity index (χ0) is 31.1. The second kappa shape index (κ2) is 11.1. The zero-order valence-corrected chi connectivity index (χ0v) is 23.8. The van der Waals surface area contributed by atoms with Crippen molar-refractivity contribution in [2.45, 2.75) is 35.4 Å². The first-order valence-electron chi connectivity index (χ1n) is 14.1. The van der Waals surface area contributed by atoms with Crippen LogP contribution < -0.4 is 5.56 Å². The molecule has 43 heavy (non-hydrogen) atoms. The molecule has 11 nitrogen and oxygen atoms in total. The van der Waals surface area contributed by atoms with Crippen molar-refractivity contribution >= 4 is 11.2 Å². The molecule has 1 saturated heterocycles. The number of aromatic nitrogens is 4. The first-order chi connectivity index (χ1) is 21.3. The van der Waals surface area contributed by atoms with Crippen LogP contribution >= 0.6 is 0 Å². The monoisotopic (exact) mass is 585 g/mol. The van der Waals surface area contributed by atoms with E-state index in [1.54, 1.807) is 0 Å². The van der Waals surface area contributed by atoms with Gasteiger partial charge in [-0.15, -0.1) is 0 Å². The Labute approximate surface area is 248 Å². The molecule has 1 aliphatic heterocycles. The highest BCUT2D eigenvalue weighted by molar-refractivity contribution is 5.70. The molecular weight excluding hydrogens is 552 g/mol. The molecule has 0 aliphatic carbocycles. The molecule has 0 bridgehead atoms. The van der Waals surface area contributed by atoms with Crippen molar-refractivity contribution < 1.29 is 30.6 Å². The summed E-state index contributed by atoms with van der Waals surface area (Å²) < 4.78 is 34.2. The van der Waals surface area contributed by atoms with Crippen LogP contribution in [-0.4, -0.2) is 75.3 Å². The lowest BCUT2D eigenvalue weighted by molar-refractivity contribution is -0.396. The lowest BCUT2D eigenvalue weighted by atomic mass is 9.60. The Balaban J connectivity index is 1.88. The van der Waals surface area contributed by atoms with Crippen LogP contribution in [0.15, 0.2) is 108 Å². The highest BCUT2D eigenvalue weighted by Crippen LogP contribution is 2.59. The summed E-state index contributed by atoms with van der Waals surface area (Å²) in [6.45, 7) is 0. The lowest BCUT2D eigenvalue weighted by Crippen LogP contribution is -2.62. The largest absolute Gasteiger partial charge is 0.387 e. The van der Waals surface area contributed by atoms with Crippen molar-refractivity contribution in [3.8, 4) is 0 Å². The van der Waals surface area contributed by atoms with Gasteiger partial charge in [-0.1, -0.05) is 91.0 Å². The fourth-order valence-electron chi connectivity index (χ4n) is 6.54. The molecule has 1 aliphatic rings. The number of hydrogen-bond acceptors (Lipinski definition) is 9. The third-order valence-corrected chi connectivity index (χ3v) is 8.33. The number of ether oxygens (including phenoxy) is 4. The number of rotatable bonds is 9. The number of benzene rings is 3. The molecule has 1 fully saturated rings.